The van der Waals surface area contributed by atoms with Gasteiger partial charge in [-0.25, -0.2) is 0 Å². The Bertz CT molecular complexity index is 691. The summed E-state index contributed by atoms with van der Waals surface area (Å²) < 4.78 is 0. The van der Waals surface area contributed by atoms with E-state index in [4.69, 9.17) is 11.6 Å². The number of carboxylic acids is 1. The standard InChI is InChI=1S/C18H21ClN2O3.Na/c19-12-3-1-2-11(10-12)18(8-9-18)20-16(22)14-6-7-15(17(23)24)21(14)13-4-5-13;/h1-3,10,13-15H,4-9H2,(H,20,22)(H,23,24);/q;+1/p-1. The zero-order chi connectivity index (χ0) is 16.9. The summed E-state index contributed by atoms with van der Waals surface area (Å²) in [6, 6.07) is 6.81. The molecule has 1 aliphatic heterocycles. The Morgan fingerprint density at radius 3 is 2.40 bits per heavy atom. The Balaban J connectivity index is 0.00000182. The van der Waals surface area contributed by atoms with Crippen LogP contribution in [0.25, 0.3) is 0 Å². The normalized spacial score (nSPS) is 27.4. The number of nitrogens with zero attached hydrogens (tertiary/aromatic N) is 1. The van der Waals surface area contributed by atoms with Crippen molar-refractivity contribution < 1.29 is 44.3 Å². The van der Waals surface area contributed by atoms with E-state index in [9.17, 15) is 14.7 Å². The Labute approximate surface area is 174 Å². The number of aliphatic carboxylic acids is 1. The van der Waals surface area contributed by atoms with Gasteiger partial charge in [0.2, 0.25) is 5.91 Å². The second-order valence-corrected chi connectivity index (χ2v) is 7.62. The van der Waals surface area contributed by atoms with Gasteiger partial charge in [-0.2, -0.15) is 0 Å². The Kier molecular flexibility index (Phi) is 5.52. The van der Waals surface area contributed by atoms with Crippen LogP contribution >= 0.6 is 11.6 Å². The van der Waals surface area contributed by atoms with E-state index in [1.165, 1.54) is 0 Å². The van der Waals surface area contributed by atoms with Crippen molar-refractivity contribution in [3.8, 4) is 0 Å². The third-order valence-electron chi connectivity index (χ3n) is 5.47. The largest absolute Gasteiger partial charge is 1.00 e. The van der Waals surface area contributed by atoms with E-state index >= 15 is 0 Å². The van der Waals surface area contributed by atoms with Crippen LogP contribution in [0.15, 0.2) is 24.3 Å². The minimum absolute atomic E-state index is 0. The Morgan fingerprint density at radius 2 is 1.84 bits per heavy atom. The maximum atomic E-state index is 12.9. The van der Waals surface area contributed by atoms with Crippen LogP contribution in [0.5, 0.6) is 0 Å². The maximum Gasteiger partial charge on any atom is 1.00 e. The third kappa shape index (κ3) is 3.76. The van der Waals surface area contributed by atoms with Crippen molar-refractivity contribution >= 4 is 23.5 Å². The van der Waals surface area contributed by atoms with Gasteiger partial charge in [-0.15, -0.1) is 0 Å². The number of likely N-dealkylation sites (tertiary alicyclic amines) is 1. The number of benzene rings is 1. The molecule has 0 aromatic heterocycles. The van der Waals surface area contributed by atoms with Crippen LogP contribution < -0.4 is 40.0 Å². The van der Waals surface area contributed by atoms with Gasteiger partial charge in [0.25, 0.3) is 0 Å². The zero-order valence-electron chi connectivity index (χ0n) is 14.3. The molecule has 7 heteroatoms. The van der Waals surface area contributed by atoms with Crippen LogP contribution in [-0.2, 0) is 15.1 Å². The molecule has 2 aliphatic carbocycles. The second kappa shape index (κ2) is 7.20. The van der Waals surface area contributed by atoms with E-state index in [1.807, 2.05) is 29.2 Å². The van der Waals surface area contributed by atoms with Crippen LogP contribution in [-0.4, -0.2) is 34.9 Å². The van der Waals surface area contributed by atoms with Crippen molar-refractivity contribution in [2.75, 3.05) is 0 Å². The average Bonchev–Trinajstić information content (AvgIpc) is 3.47. The fourth-order valence-electron chi connectivity index (χ4n) is 3.93. The van der Waals surface area contributed by atoms with E-state index in [-0.39, 0.29) is 53.1 Å². The fourth-order valence-corrected chi connectivity index (χ4v) is 4.13. The molecule has 0 spiro atoms. The van der Waals surface area contributed by atoms with Gasteiger partial charge in [0.15, 0.2) is 0 Å². The zero-order valence-corrected chi connectivity index (χ0v) is 17.1. The molecule has 1 amide bonds. The van der Waals surface area contributed by atoms with Gasteiger partial charge >= 0.3 is 29.6 Å². The van der Waals surface area contributed by atoms with E-state index in [2.05, 4.69) is 5.32 Å². The minimum Gasteiger partial charge on any atom is -0.548 e. The molecule has 5 nitrogen and oxygen atoms in total. The molecule has 0 bridgehead atoms. The molecule has 25 heavy (non-hydrogen) atoms. The van der Waals surface area contributed by atoms with Gasteiger partial charge in [-0.1, -0.05) is 23.7 Å². The molecule has 3 aliphatic rings. The topological polar surface area (TPSA) is 72.5 Å². The van der Waals surface area contributed by atoms with Crippen molar-refractivity contribution in [3.05, 3.63) is 34.9 Å². The molecular weight excluding hydrogens is 351 g/mol. The predicted molar refractivity (Wildman–Crippen MR) is 87.2 cm³/mol. The summed E-state index contributed by atoms with van der Waals surface area (Å²) in [6.45, 7) is 0. The Morgan fingerprint density at radius 1 is 1.16 bits per heavy atom. The monoisotopic (exact) mass is 370 g/mol. The van der Waals surface area contributed by atoms with Crippen molar-refractivity contribution in [1.29, 1.82) is 0 Å². The first-order valence-corrected chi connectivity index (χ1v) is 8.94. The molecule has 0 radical (unpaired) electrons. The first kappa shape index (κ1) is 19.2. The predicted octanol–water partition coefficient (Wildman–Crippen LogP) is -1.81. The summed E-state index contributed by atoms with van der Waals surface area (Å²) in [7, 11) is 0. The van der Waals surface area contributed by atoms with Crippen molar-refractivity contribution in [1.82, 2.24) is 10.2 Å². The van der Waals surface area contributed by atoms with Crippen LogP contribution in [0, 0.1) is 0 Å². The quantitative estimate of drug-likeness (QED) is 0.620. The summed E-state index contributed by atoms with van der Waals surface area (Å²) >= 11 is 6.08. The van der Waals surface area contributed by atoms with Gasteiger partial charge in [0.05, 0.1) is 23.6 Å². The number of amides is 1. The first-order chi connectivity index (χ1) is 11.5. The molecule has 2 unspecified atom stereocenters. The molecule has 1 aromatic rings. The summed E-state index contributed by atoms with van der Waals surface area (Å²) in [5, 5.41) is 15.2. The van der Waals surface area contributed by atoms with Gasteiger partial charge < -0.3 is 15.2 Å². The molecule has 2 saturated carbocycles. The molecule has 128 valence electrons. The average molecular weight is 371 g/mol. The fraction of sp³-hybridized carbons (Fsp3) is 0.556. The number of rotatable bonds is 5. The van der Waals surface area contributed by atoms with Crippen molar-refractivity contribution in [2.45, 2.75) is 62.2 Å². The van der Waals surface area contributed by atoms with Crippen LogP contribution in [0.1, 0.15) is 44.1 Å². The molecule has 1 N–H and O–H groups in total. The first-order valence-electron chi connectivity index (χ1n) is 8.56. The number of carbonyl (C=O) groups excluding carboxylic acids is 2. The molecule has 1 aromatic carbocycles. The van der Waals surface area contributed by atoms with Crippen LogP contribution in [0.4, 0.5) is 0 Å². The van der Waals surface area contributed by atoms with Gasteiger partial charge in [0, 0.05) is 11.1 Å². The van der Waals surface area contributed by atoms with Crippen LogP contribution in [0.3, 0.4) is 0 Å². The van der Waals surface area contributed by atoms with E-state index in [1.54, 1.807) is 0 Å². The molecular formula is C18H20ClN2NaO3. The number of halogens is 1. The number of hydrogen-bond acceptors (Lipinski definition) is 4. The molecule has 3 fully saturated rings. The molecule has 4 rings (SSSR count). The van der Waals surface area contributed by atoms with Crippen LogP contribution in [0.2, 0.25) is 5.02 Å². The van der Waals surface area contributed by atoms with E-state index in [0.717, 1.165) is 31.2 Å². The van der Waals surface area contributed by atoms with Gasteiger partial charge in [-0.3, -0.25) is 9.69 Å². The summed E-state index contributed by atoms with van der Waals surface area (Å²) in [5.74, 6) is -1.13. The van der Waals surface area contributed by atoms with Gasteiger partial charge in [-0.05, 0) is 56.2 Å². The smallest absolute Gasteiger partial charge is 0.548 e. The second-order valence-electron chi connectivity index (χ2n) is 7.19. The number of carboxylic acid groups (broad SMARTS) is 1. The third-order valence-corrected chi connectivity index (χ3v) is 5.70. The van der Waals surface area contributed by atoms with Crippen molar-refractivity contribution in [2.24, 2.45) is 0 Å². The van der Waals surface area contributed by atoms with Crippen molar-refractivity contribution in [3.63, 3.8) is 0 Å². The van der Waals surface area contributed by atoms with E-state index < -0.39 is 12.0 Å². The maximum absolute atomic E-state index is 12.9. The van der Waals surface area contributed by atoms with Gasteiger partial charge in [0.1, 0.15) is 0 Å². The SMILES string of the molecule is O=C([O-])C1CCC(C(=O)NC2(c3cccc(Cl)c3)CC2)N1C1CC1.[Na+]. The number of hydrogen-bond donors (Lipinski definition) is 1. The van der Waals surface area contributed by atoms with E-state index in [0.29, 0.717) is 17.9 Å². The number of nitrogens with one attached hydrogen (secondary N) is 1. The molecule has 1 heterocycles. The number of carbonyl (C=O) groups is 2. The molecule has 1 saturated heterocycles. The molecule has 2 atom stereocenters. The summed E-state index contributed by atoms with van der Waals surface area (Å²) in [5.41, 5.74) is 0.687. The summed E-state index contributed by atoms with van der Waals surface area (Å²) in [4.78, 5) is 26.1. The Hall–Kier alpha value is -0.590. The summed E-state index contributed by atoms with van der Waals surface area (Å²) in [6.07, 6.45) is 4.77. The minimum atomic E-state index is -1.06.